The summed E-state index contributed by atoms with van der Waals surface area (Å²) in [7, 11) is 0. The second-order valence-electron chi connectivity index (χ2n) is 8.59. The van der Waals surface area contributed by atoms with Crippen molar-refractivity contribution in [2.24, 2.45) is 0 Å². The van der Waals surface area contributed by atoms with E-state index in [4.69, 9.17) is 9.15 Å². The Morgan fingerprint density at radius 2 is 1.77 bits per heavy atom. The van der Waals surface area contributed by atoms with Crippen molar-refractivity contribution in [2.45, 2.75) is 13.8 Å². The quantitative estimate of drug-likeness (QED) is 0.317. The molecule has 0 radical (unpaired) electrons. The molecule has 0 bridgehead atoms. The number of nitrogens with one attached hydrogen (secondary N) is 1. The van der Waals surface area contributed by atoms with Gasteiger partial charge in [0.15, 0.2) is 5.58 Å². The van der Waals surface area contributed by atoms with Gasteiger partial charge in [0.2, 0.25) is 5.89 Å². The van der Waals surface area contributed by atoms with E-state index >= 15 is 0 Å². The Labute approximate surface area is 201 Å². The Morgan fingerprint density at radius 3 is 2.49 bits per heavy atom. The lowest BCUT2D eigenvalue weighted by molar-refractivity contribution is -0.384. The first-order valence-electron chi connectivity index (χ1n) is 11.3. The van der Waals surface area contributed by atoms with Crippen LogP contribution in [0.1, 0.15) is 21.5 Å². The van der Waals surface area contributed by atoms with Crippen LogP contribution in [-0.2, 0) is 4.74 Å². The minimum absolute atomic E-state index is 0.107. The molecule has 35 heavy (non-hydrogen) atoms. The number of rotatable bonds is 5. The van der Waals surface area contributed by atoms with E-state index in [1.54, 1.807) is 30.3 Å². The lowest BCUT2D eigenvalue weighted by atomic mass is 10.1. The molecule has 1 aliphatic heterocycles. The topological polar surface area (TPSA) is 111 Å². The third-order valence-corrected chi connectivity index (χ3v) is 5.90. The Bertz CT molecular complexity index is 1420. The van der Waals surface area contributed by atoms with E-state index in [1.807, 2.05) is 30.9 Å². The zero-order chi connectivity index (χ0) is 24.5. The van der Waals surface area contributed by atoms with Gasteiger partial charge in [-0.1, -0.05) is 17.2 Å². The summed E-state index contributed by atoms with van der Waals surface area (Å²) in [6.07, 6.45) is 0. The maximum Gasteiger partial charge on any atom is 0.293 e. The van der Waals surface area contributed by atoms with Crippen molar-refractivity contribution < 1.29 is 18.9 Å². The highest BCUT2D eigenvalue weighted by molar-refractivity contribution is 6.05. The molecule has 1 aliphatic rings. The average molecular weight is 473 g/mol. The van der Waals surface area contributed by atoms with Gasteiger partial charge in [-0.25, -0.2) is 4.98 Å². The van der Waals surface area contributed by atoms with Crippen molar-refractivity contribution in [3.8, 4) is 11.5 Å². The van der Waals surface area contributed by atoms with E-state index in [1.165, 1.54) is 6.07 Å². The minimum Gasteiger partial charge on any atom is -0.436 e. The zero-order valence-corrected chi connectivity index (χ0v) is 19.4. The fourth-order valence-corrected chi connectivity index (χ4v) is 4.31. The third-order valence-electron chi connectivity index (χ3n) is 5.90. The second kappa shape index (κ2) is 9.19. The fraction of sp³-hybridized carbons (Fsp3) is 0.231. The molecule has 1 fully saturated rings. The Balaban J connectivity index is 1.39. The van der Waals surface area contributed by atoms with Crippen LogP contribution in [0.4, 0.5) is 17.1 Å². The van der Waals surface area contributed by atoms with Crippen molar-refractivity contribution in [3.05, 3.63) is 81.4 Å². The molecular formula is C26H24N4O5. The molecule has 0 saturated carbocycles. The highest BCUT2D eigenvalue weighted by Crippen LogP contribution is 2.31. The predicted molar refractivity (Wildman–Crippen MR) is 133 cm³/mol. The molecular weight excluding hydrogens is 448 g/mol. The van der Waals surface area contributed by atoms with Crippen LogP contribution in [0.25, 0.3) is 22.6 Å². The first-order valence-corrected chi connectivity index (χ1v) is 11.3. The number of aromatic nitrogens is 1. The third kappa shape index (κ3) is 4.71. The number of amides is 1. The van der Waals surface area contributed by atoms with Gasteiger partial charge < -0.3 is 19.4 Å². The lowest BCUT2D eigenvalue weighted by Crippen LogP contribution is -2.36. The monoisotopic (exact) mass is 472 g/mol. The van der Waals surface area contributed by atoms with Gasteiger partial charge in [-0.2, -0.15) is 0 Å². The number of nitro groups is 1. The molecule has 2 heterocycles. The van der Waals surface area contributed by atoms with Crippen LogP contribution in [0.15, 0.2) is 59.0 Å². The van der Waals surface area contributed by atoms with Gasteiger partial charge in [0.05, 0.1) is 18.1 Å². The number of fused-ring (bicyclic) bond motifs is 1. The van der Waals surface area contributed by atoms with Crippen LogP contribution in [0, 0.1) is 24.0 Å². The lowest BCUT2D eigenvalue weighted by Gasteiger charge is -2.28. The van der Waals surface area contributed by atoms with E-state index in [2.05, 4.69) is 16.4 Å². The van der Waals surface area contributed by atoms with Crippen molar-refractivity contribution in [2.75, 3.05) is 36.5 Å². The number of ether oxygens (including phenoxy) is 1. The molecule has 4 aromatic rings. The molecule has 3 aromatic carbocycles. The number of benzene rings is 3. The molecule has 1 N–H and O–H groups in total. The average Bonchev–Trinajstić information content (AvgIpc) is 3.27. The number of carbonyl (C=O) groups excluding carboxylic acids is 1. The summed E-state index contributed by atoms with van der Waals surface area (Å²) in [6, 6.07) is 15.8. The maximum absolute atomic E-state index is 12.9. The summed E-state index contributed by atoms with van der Waals surface area (Å²) >= 11 is 0. The molecule has 1 amide bonds. The fourth-order valence-electron chi connectivity index (χ4n) is 4.31. The van der Waals surface area contributed by atoms with Crippen LogP contribution in [0.2, 0.25) is 0 Å². The molecule has 9 heteroatoms. The van der Waals surface area contributed by atoms with Gasteiger partial charge in [-0.15, -0.1) is 0 Å². The number of anilines is 2. The van der Waals surface area contributed by atoms with E-state index in [0.29, 0.717) is 54.7 Å². The molecule has 9 nitrogen and oxygen atoms in total. The van der Waals surface area contributed by atoms with E-state index in [9.17, 15) is 14.9 Å². The summed E-state index contributed by atoms with van der Waals surface area (Å²) in [5, 5.41) is 14.5. The number of nitrogens with zero attached hydrogens (tertiary/aromatic N) is 3. The van der Waals surface area contributed by atoms with Crippen LogP contribution in [0.5, 0.6) is 0 Å². The van der Waals surface area contributed by atoms with Gasteiger partial charge in [-0.05, 0) is 56.3 Å². The summed E-state index contributed by atoms with van der Waals surface area (Å²) in [6.45, 7) is 6.18. The summed E-state index contributed by atoms with van der Waals surface area (Å²) in [4.78, 5) is 30.6. The smallest absolute Gasteiger partial charge is 0.293 e. The first-order chi connectivity index (χ1) is 16.9. The number of hydrogen-bond acceptors (Lipinski definition) is 7. The number of oxazole rings is 1. The van der Waals surface area contributed by atoms with Gasteiger partial charge in [-0.3, -0.25) is 14.9 Å². The Hall–Kier alpha value is -4.24. The Morgan fingerprint density at radius 1 is 1.03 bits per heavy atom. The van der Waals surface area contributed by atoms with Crippen molar-refractivity contribution >= 4 is 34.1 Å². The highest BCUT2D eigenvalue weighted by Gasteiger charge is 2.23. The molecule has 0 aliphatic carbocycles. The van der Waals surface area contributed by atoms with Crippen molar-refractivity contribution in [1.29, 1.82) is 0 Å². The van der Waals surface area contributed by atoms with Gasteiger partial charge >= 0.3 is 0 Å². The van der Waals surface area contributed by atoms with Gasteiger partial charge in [0.25, 0.3) is 11.6 Å². The number of carbonyl (C=O) groups is 1. The predicted octanol–water partition coefficient (Wildman–Crippen LogP) is 5.11. The summed E-state index contributed by atoms with van der Waals surface area (Å²) in [5.74, 6) is 0.0589. The second-order valence-corrected chi connectivity index (χ2v) is 8.59. The number of morpholine rings is 1. The molecule has 0 spiro atoms. The van der Waals surface area contributed by atoms with E-state index in [0.717, 1.165) is 16.7 Å². The highest BCUT2D eigenvalue weighted by atomic mass is 16.6. The van der Waals surface area contributed by atoms with Crippen molar-refractivity contribution in [1.82, 2.24) is 4.98 Å². The SMILES string of the molecule is Cc1cc(C)cc(-c2nc3cc(NC(=O)c4ccc(N5CCOCC5)c([N+](=O)[O-])c4)ccc3o2)c1. The van der Waals surface area contributed by atoms with Gasteiger partial charge in [0, 0.05) is 36.0 Å². The molecule has 1 saturated heterocycles. The first kappa shape index (κ1) is 22.5. The maximum atomic E-state index is 12.9. The molecule has 178 valence electrons. The van der Waals surface area contributed by atoms with Crippen LogP contribution >= 0.6 is 0 Å². The number of aryl methyl sites for hydroxylation is 2. The van der Waals surface area contributed by atoms with Gasteiger partial charge in [0.1, 0.15) is 11.2 Å². The van der Waals surface area contributed by atoms with E-state index in [-0.39, 0.29) is 11.3 Å². The zero-order valence-electron chi connectivity index (χ0n) is 19.4. The van der Waals surface area contributed by atoms with Crippen LogP contribution in [-0.4, -0.2) is 42.1 Å². The minimum atomic E-state index is -0.461. The number of hydrogen-bond donors (Lipinski definition) is 1. The molecule has 1 aromatic heterocycles. The summed E-state index contributed by atoms with van der Waals surface area (Å²) < 4.78 is 11.2. The van der Waals surface area contributed by atoms with Crippen LogP contribution in [0.3, 0.4) is 0 Å². The molecule has 0 unspecified atom stereocenters. The molecule has 5 rings (SSSR count). The molecule has 0 atom stereocenters. The number of nitro benzene ring substituents is 1. The standard InChI is InChI=1S/C26H24N4O5/c1-16-11-17(2)13-19(12-16)26-28-21-15-20(4-6-24(21)35-26)27-25(31)18-3-5-22(23(14-18)30(32)33)29-7-9-34-10-8-29/h3-6,11-15H,7-10H2,1-2H3,(H,27,31). The van der Waals surface area contributed by atoms with Crippen molar-refractivity contribution in [3.63, 3.8) is 0 Å². The Kier molecular flexibility index (Phi) is 5.92. The van der Waals surface area contributed by atoms with E-state index < -0.39 is 10.8 Å². The largest absolute Gasteiger partial charge is 0.436 e. The normalized spacial score (nSPS) is 13.7. The van der Waals surface area contributed by atoms with Crippen LogP contribution < -0.4 is 10.2 Å². The summed E-state index contributed by atoms with van der Waals surface area (Å²) in [5.41, 5.74) is 5.41.